The zero-order valence-electron chi connectivity index (χ0n) is 18.7. The van der Waals surface area contributed by atoms with Gasteiger partial charge in [-0.05, 0) is 60.0 Å². The zero-order chi connectivity index (χ0) is 24.9. The van der Waals surface area contributed by atoms with Crippen molar-refractivity contribution in [2.24, 2.45) is 0 Å². The second-order valence-corrected chi connectivity index (χ2v) is 11.6. The fourth-order valence-electron chi connectivity index (χ4n) is 3.51. The van der Waals surface area contributed by atoms with Gasteiger partial charge in [-0.3, -0.25) is 0 Å². The highest BCUT2D eigenvalue weighted by Gasteiger charge is 2.31. The summed E-state index contributed by atoms with van der Waals surface area (Å²) in [7, 11) is -3.72. The molecule has 0 bridgehead atoms. The first-order valence-electron chi connectivity index (χ1n) is 10.7. The van der Waals surface area contributed by atoms with Crippen molar-refractivity contribution >= 4 is 33.0 Å². The van der Waals surface area contributed by atoms with Gasteiger partial charge in [-0.2, -0.15) is 13.2 Å². The number of nitrogens with one attached hydrogen (secondary N) is 2. The fraction of sp³-hybridized carbons (Fsp3) is 0.333. The number of halogens is 4. The first-order valence-corrected chi connectivity index (χ1v) is 13.4. The van der Waals surface area contributed by atoms with Crippen LogP contribution in [0, 0.1) is 0 Å². The van der Waals surface area contributed by atoms with Crippen molar-refractivity contribution in [2.75, 3.05) is 13.1 Å². The molecule has 0 aliphatic carbocycles. The summed E-state index contributed by atoms with van der Waals surface area (Å²) in [4.78, 5) is 0.759. The molecule has 3 rings (SSSR count). The highest BCUT2D eigenvalue weighted by Crippen LogP contribution is 2.32. The van der Waals surface area contributed by atoms with Gasteiger partial charge >= 0.3 is 6.18 Å². The normalized spacial score (nSPS) is 14.2. The largest absolute Gasteiger partial charge is 0.416 e. The lowest BCUT2D eigenvalue weighted by molar-refractivity contribution is -0.137. The van der Waals surface area contributed by atoms with E-state index in [1.165, 1.54) is 12.1 Å². The predicted molar refractivity (Wildman–Crippen MR) is 131 cm³/mol. The van der Waals surface area contributed by atoms with E-state index in [0.717, 1.165) is 33.9 Å². The molecule has 2 aromatic carbocycles. The van der Waals surface area contributed by atoms with E-state index in [1.807, 2.05) is 26.0 Å². The van der Waals surface area contributed by atoms with Gasteiger partial charge in [-0.25, -0.2) is 13.1 Å². The fourth-order valence-corrected chi connectivity index (χ4v) is 6.22. The molecule has 0 spiro atoms. The second-order valence-electron chi connectivity index (χ2n) is 7.96. The summed E-state index contributed by atoms with van der Waals surface area (Å²) in [5.41, 5.74) is 0.763. The van der Waals surface area contributed by atoms with Gasteiger partial charge in [0.05, 0.1) is 5.56 Å². The molecule has 2 unspecified atom stereocenters. The molecule has 1 aromatic heterocycles. The van der Waals surface area contributed by atoms with Gasteiger partial charge in [-0.1, -0.05) is 49.7 Å². The van der Waals surface area contributed by atoms with Gasteiger partial charge in [0.1, 0.15) is 4.21 Å². The molecule has 34 heavy (non-hydrogen) atoms. The monoisotopic (exact) mass is 530 g/mol. The van der Waals surface area contributed by atoms with Crippen molar-refractivity contribution < 1.29 is 21.6 Å². The molecule has 0 radical (unpaired) electrons. The maximum Gasteiger partial charge on any atom is 0.416 e. The molecule has 0 saturated carbocycles. The molecule has 0 aliphatic heterocycles. The van der Waals surface area contributed by atoms with Crippen LogP contribution in [0.1, 0.15) is 47.4 Å². The molecule has 3 aromatic rings. The van der Waals surface area contributed by atoms with E-state index in [-0.39, 0.29) is 22.7 Å². The number of alkyl halides is 3. The van der Waals surface area contributed by atoms with E-state index >= 15 is 0 Å². The third-order valence-corrected chi connectivity index (χ3v) is 8.67. The summed E-state index contributed by atoms with van der Waals surface area (Å²) in [6.45, 7) is 4.57. The molecule has 2 N–H and O–H groups in total. The summed E-state index contributed by atoms with van der Waals surface area (Å²) >= 11 is 7.02. The highest BCUT2D eigenvalue weighted by molar-refractivity contribution is 7.91. The van der Waals surface area contributed by atoms with Gasteiger partial charge in [0.15, 0.2) is 0 Å². The summed E-state index contributed by atoms with van der Waals surface area (Å²) < 4.78 is 67.8. The third-order valence-electron chi connectivity index (χ3n) is 5.39. The van der Waals surface area contributed by atoms with Crippen molar-refractivity contribution in [2.45, 2.75) is 42.6 Å². The lowest BCUT2D eigenvalue weighted by Gasteiger charge is -2.19. The van der Waals surface area contributed by atoms with Crippen LogP contribution in [0.5, 0.6) is 0 Å². The lowest BCUT2D eigenvalue weighted by Crippen LogP contribution is -2.27. The third kappa shape index (κ3) is 7.05. The number of hydrogen-bond donors (Lipinski definition) is 2. The quantitative estimate of drug-likeness (QED) is 0.319. The smallest absolute Gasteiger partial charge is 0.310 e. The molecular weight excluding hydrogens is 505 g/mol. The van der Waals surface area contributed by atoms with Crippen LogP contribution in [0.15, 0.2) is 64.9 Å². The average Bonchev–Trinajstić information content (AvgIpc) is 3.27. The Morgan fingerprint density at radius 3 is 2.38 bits per heavy atom. The van der Waals surface area contributed by atoms with Crippen molar-refractivity contribution in [1.29, 1.82) is 0 Å². The van der Waals surface area contributed by atoms with E-state index in [1.54, 1.807) is 24.3 Å². The van der Waals surface area contributed by atoms with Crippen LogP contribution in [0.2, 0.25) is 5.02 Å². The number of benzene rings is 2. The molecule has 1 heterocycles. The Morgan fingerprint density at radius 1 is 1.03 bits per heavy atom. The summed E-state index contributed by atoms with van der Waals surface area (Å²) in [5, 5.41) is 3.82. The van der Waals surface area contributed by atoms with E-state index in [9.17, 15) is 21.6 Å². The van der Waals surface area contributed by atoms with Crippen LogP contribution in [-0.4, -0.2) is 21.5 Å². The number of rotatable bonds is 10. The molecule has 0 saturated heterocycles. The maximum absolute atomic E-state index is 13.1. The molecule has 0 amide bonds. The Morgan fingerprint density at radius 2 is 1.74 bits per heavy atom. The molecular formula is C24H26ClF3N2O2S2. The van der Waals surface area contributed by atoms with Crippen LogP contribution in [-0.2, 0) is 22.6 Å². The Hall–Kier alpha value is -1.91. The minimum Gasteiger partial charge on any atom is -0.310 e. The number of hydrogen-bond acceptors (Lipinski definition) is 4. The summed E-state index contributed by atoms with van der Waals surface area (Å²) in [5.74, 6) is -0.0504. The Balaban J connectivity index is 1.70. The number of likely N-dealkylation sites (N-methyl/N-ethyl adjacent to an activating group) is 1. The minimum absolute atomic E-state index is 0.0504. The summed E-state index contributed by atoms with van der Waals surface area (Å²) in [6, 6.07) is 15.3. The predicted octanol–water partition coefficient (Wildman–Crippen LogP) is 6.40. The molecule has 4 nitrogen and oxygen atoms in total. The number of thiophene rings is 1. The first-order chi connectivity index (χ1) is 16.0. The first kappa shape index (κ1) is 26.7. The highest BCUT2D eigenvalue weighted by atomic mass is 35.5. The SMILES string of the molecule is CCNC(Cc1ccc(S(=O)(=O)NCC(C)c2ccc(Cl)cc2)s1)c1cccc(C(F)(F)F)c1. The van der Waals surface area contributed by atoms with E-state index in [0.29, 0.717) is 23.6 Å². The van der Waals surface area contributed by atoms with Gasteiger partial charge in [0.2, 0.25) is 10.0 Å². The molecule has 10 heteroatoms. The zero-order valence-corrected chi connectivity index (χ0v) is 21.1. The standard InChI is InChI=1S/C24H26ClF3N2O2S2/c1-3-29-22(18-5-4-6-19(13-18)24(26,27)28)14-21-11-12-23(33-21)34(31,32)30-15-16(2)17-7-9-20(25)10-8-17/h4-13,16,22,29-30H,3,14-15H2,1-2H3. The Kier molecular flexibility index (Phi) is 8.81. The molecule has 0 aliphatic rings. The van der Waals surface area contributed by atoms with Crippen LogP contribution in [0.25, 0.3) is 0 Å². The van der Waals surface area contributed by atoms with Gasteiger partial charge < -0.3 is 5.32 Å². The molecule has 184 valence electrons. The van der Waals surface area contributed by atoms with E-state index < -0.39 is 21.8 Å². The Labute approximate surface area is 207 Å². The van der Waals surface area contributed by atoms with Crippen LogP contribution >= 0.6 is 22.9 Å². The van der Waals surface area contributed by atoms with Gasteiger partial charge in [0.25, 0.3) is 0 Å². The topological polar surface area (TPSA) is 58.2 Å². The maximum atomic E-state index is 13.1. The van der Waals surface area contributed by atoms with Crippen LogP contribution < -0.4 is 10.0 Å². The van der Waals surface area contributed by atoms with Gasteiger partial charge in [0, 0.05) is 28.9 Å². The van der Waals surface area contributed by atoms with Crippen molar-refractivity contribution in [1.82, 2.24) is 10.0 Å². The van der Waals surface area contributed by atoms with Crippen LogP contribution in [0.3, 0.4) is 0 Å². The Bertz CT molecular complexity index is 1200. The minimum atomic E-state index is -4.42. The molecule has 2 atom stereocenters. The lowest BCUT2D eigenvalue weighted by atomic mass is 10.0. The average molecular weight is 531 g/mol. The number of sulfonamides is 1. The van der Waals surface area contributed by atoms with Crippen molar-refractivity contribution in [3.63, 3.8) is 0 Å². The second kappa shape index (κ2) is 11.2. The summed E-state index contributed by atoms with van der Waals surface area (Å²) in [6.07, 6.45) is -4.05. The van der Waals surface area contributed by atoms with E-state index in [2.05, 4.69) is 10.0 Å². The van der Waals surface area contributed by atoms with Crippen molar-refractivity contribution in [3.05, 3.63) is 87.3 Å². The van der Waals surface area contributed by atoms with Crippen molar-refractivity contribution in [3.8, 4) is 0 Å². The van der Waals surface area contributed by atoms with Gasteiger partial charge in [-0.15, -0.1) is 11.3 Å². The van der Waals surface area contributed by atoms with E-state index in [4.69, 9.17) is 11.6 Å². The molecule has 0 fully saturated rings. The van der Waals surface area contributed by atoms with Crippen LogP contribution in [0.4, 0.5) is 13.2 Å².